The molecule has 1 aliphatic carbocycles. The number of alkyl halides is 1. The van der Waals surface area contributed by atoms with Crippen molar-refractivity contribution in [1.82, 2.24) is 4.90 Å². The molecule has 0 spiro atoms. The van der Waals surface area contributed by atoms with Crippen molar-refractivity contribution in [3.63, 3.8) is 0 Å². The van der Waals surface area contributed by atoms with Gasteiger partial charge in [-0.3, -0.25) is 4.79 Å². The molecular formula is C14H24INO2. The molecule has 0 aromatic rings. The summed E-state index contributed by atoms with van der Waals surface area (Å²) in [5, 5.41) is 0. The molecule has 104 valence electrons. The first kappa shape index (κ1) is 14.6. The number of likely N-dealkylation sites (tertiary alicyclic amines) is 1. The van der Waals surface area contributed by atoms with Crippen LogP contribution in [0.1, 0.15) is 45.4 Å². The lowest BCUT2D eigenvalue weighted by atomic mass is 9.79. The van der Waals surface area contributed by atoms with E-state index in [0.717, 1.165) is 25.9 Å². The summed E-state index contributed by atoms with van der Waals surface area (Å²) in [6, 6.07) is 0. The van der Waals surface area contributed by atoms with Gasteiger partial charge >= 0.3 is 5.97 Å². The van der Waals surface area contributed by atoms with Crippen LogP contribution in [0.2, 0.25) is 0 Å². The van der Waals surface area contributed by atoms with Crippen molar-refractivity contribution < 1.29 is 9.53 Å². The summed E-state index contributed by atoms with van der Waals surface area (Å²) in [7, 11) is 2.18. The van der Waals surface area contributed by atoms with Crippen LogP contribution in [-0.4, -0.2) is 40.5 Å². The first-order valence-electron chi connectivity index (χ1n) is 7.09. The normalized spacial score (nSPS) is 27.1. The second kappa shape index (κ2) is 6.07. The van der Waals surface area contributed by atoms with Crippen LogP contribution >= 0.6 is 22.6 Å². The first-order chi connectivity index (χ1) is 8.53. The van der Waals surface area contributed by atoms with E-state index in [4.69, 9.17) is 4.74 Å². The molecule has 1 unspecified atom stereocenters. The van der Waals surface area contributed by atoms with Crippen LogP contribution in [-0.2, 0) is 9.53 Å². The topological polar surface area (TPSA) is 29.5 Å². The Balaban J connectivity index is 2.04. The predicted octanol–water partition coefficient (Wildman–Crippen LogP) is 3.01. The number of carbonyl (C=O) groups is 1. The van der Waals surface area contributed by atoms with Gasteiger partial charge in [0.05, 0.1) is 0 Å². The molecule has 1 heterocycles. The molecular weight excluding hydrogens is 341 g/mol. The van der Waals surface area contributed by atoms with Crippen LogP contribution in [0.15, 0.2) is 0 Å². The summed E-state index contributed by atoms with van der Waals surface area (Å²) >= 11 is 2.15. The monoisotopic (exact) mass is 365 g/mol. The van der Waals surface area contributed by atoms with E-state index >= 15 is 0 Å². The molecule has 1 saturated carbocycles. The Hall–Kier alpha value is 0.160. The Morgan fingerprint density at radius 2 is 1.89 bits per heavy atom. The zero-order chi connectivity index (χ0) is 13.2. The lowest BCUT2D eigenvalue weighted by Gasteiger charge is -2.41. The average Bonchev–Trinajstić information content (AvgIpc) is 2.79. The van der Waals surface area contributed by atoms with Gasteiger partial charge in [-0.05, 0) is 65.6 Å². The van der Waals surface area contributed by atoms with Crippen molar-refractivity contribution >= 4 is 28.6 Å². The molecule has 2 aliphatic rings. The number of hydrogen-bond acceptors (Lipinski definition) is 3. The standard InChI is InChI=1S/C14H24INO2/c1-11(15)13(17)18-14(7-3-4-8-14)12-5-9-16(2)10-6-12/h11-12H,3-10H2,1-2H3. The molecule has 2 fully saturated rings. The minimum absolute atomic E-state index is 0.0172. The molecule has 0 aromatic carbocycles. The number of piperidine rings is 1. The number of rotatable bonds is 3. The number of halogens is 1. The highest BCUT2D eigenvalue weighted by Gasteiger charge is 2.45. The van der Waals surface area contributed by atoms with Crippen LogP contribution in [0.25, 0.3) is 0 Å². The van der Waals surface area contributed by atoms with Crippen molar-refractivity contribution in [2.45, 2.75) is 55.0 Å². The number of esters is 1. The second-order valence-corrected chi connectivity index (χ2v) is 7.75. The Morgan fingerprint density at radius 3 is 2.39 bits per heavy atom. The largest absolute Gasteiger partial charge is 0.458 e. The van der Waals surface area contributed by atoms with E-state index in [1.165, 1.54) is 25.7 Å². The van der Waals surface area contributed by atoms with Gasteiger partial charge in [0.2, 0.25) is 0 Å². The quantitative estimate of drug-likeness (QED) is 0.438. The van der Waals surface area contributed by atoms with Gasteiger partial charge in [0, 0.05) is 5.92 Å². The van der Waals surface area contributed by atoms with Crippen LogP contribution in [0.5, 0.6) is 0 Å². The van der Waals surface area contributed by atoms with Crippen molar-refractivity contribution in [1.29, 1.82) is 0 Å². The van der Waals surface area contributed by atoms with Gasteiger partial charge in [0.15, 0.2) is 0 Å². The molecule has 1 saturated heterocycles. The molecule has 0 aromatic heterocycles. The van der Waals surface area contributed by atoms with Gasteiger partial charge in [0.1, 0.15) is 9.53 Å². The van der Waals surface area contributed by atoms with Gasteiger partial charge in [0.25, 0.3) is 0 Å². The van der Waals surface area contributed by atoms with E-state index in [-0.39, 0.29) is 15.5 Å². The summed E-state index contributed by atoms with van der Waals surface area (Å²) < 4.78 is 5.93. The first-order valence-corrected chi connectivity index (χ1v) is 8.33. The number of nitrogens with zero attached hydrogens (tertiary/aromatic N) is 1. The van der Waals surface area contributed by atoms with Crippen molar-refractivity contribution in [3.8, 4) is 0 Å². The maximum atomic E-state index is 12.0. The van der Waals surface area contributed by atoms with E-state index in [1.54, 1.807) is 0 Å². The molecule has 1 atom stereocenters. The maximum absolute atomic E-state index is 12.0. The molecule has 1 aliphatic heterocycles. The van der Waals surface area contributed by atoms with Gasteiger partial charge in [-0.25, -0.2) is 0 Å². The Kier molecular flexibility index (Phi) is 4.92. The fourth-order valence-corrected chi connectivity index (χ4v) is 3.51. The third kappa shape index (κ3) is 3.18. The maximum Gasteiger partial charge on any atom is 0.319 e. The summed E-state index contributed by atoms with van der Waals surface area (Å²) in [5.41, 5.74) is -0.127. The number of carbonyl (C=O) groups excluding carboxylic acids is 1. The SMILES string of the molecule is CC(I)C(=O)OC1(C2CCN(C)CC2)CCCC1. The van der Waals surface area contributed by atoms with Crippen LogP contribution in [0, 0.1) is 5.92 Å². The van der Waals surface area contributed by atoms with Gasteiger partial charge in [-0.2, -0.15) is 0 Å². The molecule has 18 heavy (non-hydrogen) atoms. The highest BCUT2D eigenvalue weighted by atomic mass is 127. The summed E-state index contributed by atoms with van der Waals surface area (Å²) in [6.45, 7) is 4.20. The second-order valence-electron chi connectivity index (χ2n) is 5.89. The molecule has 0 amide bonds. The van der Waals surface area contributed by atoms with E-state index in [2.05, 4.69) is 34.5 Å². The van der Waals surface area contributed by atoms with Gasteiger partial charge in [-0.1, -0.05) is 22.6 Å². The molecule has 0 bridgehead atoms. The number of ether oxygens (including phenoxy) is 1. The van der Waals surface area contributed by atoms with Crippen LogP contribution in [0.4, 0.5) is 0 Å². The van der Waals surface area contributed by atoms with E-state index < -0.39 is 0 Å². The predicted molar refractivity (Wildman–Crippen MR) is 81.0 cm³/mol. The molecule has 3 nitrogen and oxygen atoms in total. The summed E-state index contributed by atoms with van der Waals surface area (Å²) in [6.07, 6.45) is 6.95. The fourth-order valence-electron chi connectivity index (χ4n) is 3.38. The highest BCUT2D eigenvalue weighted by molar-refractivity contribution is 14.1. The molecule has 2 rings (SSSR count). The number of hydrogen-bond donors (Lipinski definition) is 0. The lowest BCUT2D eigenvalue weighted by Crippen LogP contribution is -2.46. The molecule has 4 heteroatoms. The van der Waals surface area contributed by atoms with Gasteiger partial charge in [-0.15, -0.1) is 0 Å². The van der Waals surface area contributed by atoms with Gasteiger partial charge < -0.3 is 9.64 Å². The fraction of sp³-hybridized carbons (Fsp3) is 0.929. The minimum atomic E-state index is -0.127. The molecule has 0 radical (unpaired) electrons. The molecule has 0 N–H and O–H groups in total. The zero-order valence-electron chi connectivity index (χ0n) is 11.5. The Morgan fingerprint density at radius 1 is 1.33 bits per heavy atom. The van der Waals surface area contributed by atoms with E-state index in [0.29, 0.717) is 5.92 Å². The summed E-state index contributed by atoms with van der Waals surface area (Å²) in [4.78, 5) is 14.3. The van der Waals surface area contributed by atoms with Crippen LogP contribution < -0.4 is 0 Å². The Labute approximate surface area is 124 Å². The van der Waals surface area contributed by atoms with E-state index in [1.807, 2.05) is 6.92 Å². The van der Waals surface area contributed by atoms with Crippen molar-refractivity contribution in [2.75, 3.05) is 20.1 Å². The van der Waals surface area contributed by atoms with Crippen molar-refractivity contribution in [3.05, 3.63) is 0 Å². The summed E-state index contributed by atoms with van der Waals surface area (Å²) in [5.74, 6) is 0.562. The zero-order valence-corrected chi connectivity index (χ0v) is 13.6. The smallest absolute Gasteiger partial charge is 0.319 e. The van der Waals surface area contributed by atoms with Crippen molar-refractivity contribution in [2.24, 2.45) is 5.92 Å². The third-order valence-corrected chi connectivity index (χ3v) is 5.05. The average molecular weight is 365 g/mol. The Bertz CT molecular complexity index is 292. The highest BCUT2D eigenvalue weighted by Crippen LogP contribution is 2.44. The van der Waals surface area contributed by atoms with Crippen LogP contribution in [0.3, 0.4) is 0 Å². The third-order valence-electron chi connectivity index (χ3n) is 4.54. The lowest BCUT2D eigenvalue weighted by molar-refractivity contribution is -0.166. The van der Waals surface area contributed by atoms with E-state index in [9.17, 15) is 4.79 Å². The minimum Gasteiger partial charge on any atom is -0.458 e.